The van der Waals surface area contributed by atoms with Gasteiger partial charge in [0.15, 0.2) is 0 Å². The molecule has 2 rings (SSSR count). The van der Waals surface area contributed by atoms with Crippen LogP contribution in [-0.2, 0) is 4.74 Å². The van der Waals surface area contributed by atoms with Gasteiger partial charge in [0, 0.05) is 25.2 Å². The maximum atomic E-state index is 9.13. The molecule has 0 atom stereocenters. The molecule has 0 radical (unpaired) electrons. The first-order chi connectivity index (χ1) is 9.70. The quantitative estimate of drug-likeness (QED) is 0.813. The molecule has 1 fully saturated rings. The van der Waals surface area contributed by atoms with Crippen molar-refractivity contribution in [3.63, 3.8) is 0 Å². The summed E-state index contributed by atoms with van der Waals surface area (Å²) in [5.74, 6) is 0.570. The Balaban J connectivity index is 1.92. The third kappa shape index (κ3) is 3.90. The van der Waals surface area contributed by atoms with Gasteiger partial charge < -0.3 is 15.2 Å². The van der Waals surface area contributed by atoms with E-state index >= 15 is 0 Å². The van der Waals surface area contributed by atoms with E-state index in [9.17, 15) is 0 Å². The van der Waals surface area contributed by atoms with Gasteiger partial charge in [0.1, 0.15) is 23.4 Å². The highest BCUT2D eigenvalue weighted by atomic mass is 32.1. The minimum Gasteiger partial charge on any atom is -0.491 e. The summed E-state index contributed by atoms with van der Waals surface area (Å²) in [6.07, 6.45) is 0. The smallest absolute Gasteiger partial charge is 0.137 e. The molecule has 0 bridgehead atoms. The fraction of sp³-hybridized carbons (Fsp3) is 0.429. The number of thiocarbonyl (C=S) groups is 1. The van der Waals surface area contributed by atoms with E-state index < -0.39 is 0 Å². The molecule has 1 heterocycles. The molecular weight excluding hydrogens is 274 g/mol. The molecule has 0 unspecified atom stereocenters. The van der Waals surface area contributed by atoms with E-state index in [2.05, 4.69) is 11.0 Å². The standard InChI is InChI=1S/C14H17N3O2S/c15-10-12-9-11(14(16)20)1-2-13(12)19-8-5-17-3-6-18-7-4-17/h1-2,9H,3-8H2,(H2,16,20). The van der Waals surface area contributed by atoms with Gasteiger partial charge in [0.05, 0.1) is 18.8 Å². The Morgan fingerprint density at radius 1 is 1.45 bits per heavy atom. The molecule has 0 aromatic heterocycles. The van der Waals surface area contributed by atoms with Crippen LogP contribution < -0.4 is 10.5 Å². The van der Waals surface area contributed by atoms with Crippen molar-refractivity contribution >= 4 is 17.2 Å². The summed E-state index contributed by atoms with van der Waals surface area (Å²) in [4.78, 5) is 2.56. The fourth-order valence-electron chi connectivity index (χ4n) is 2.01. The number of nitrogens with zero attached hydrogens (tertiary/aromatic N) is 2. The zero-order valence-electron chi connectivity index (χ0n) is 11.2. The second kappa shape index (κ2) is 7.20. The van der Waals surface area contributed by atoms with E-state index in [4.69, 9.17) is 32.7 Å². The minimum atomic E-state index is 0.279. The number of hydrogen-bond donors (Lipinski definition) is 1. The lowest BCUT2D eigenvalue weighted by Gasteiger charge is -2.26. The normalized spacial score (nSPS) is 15.6. The van der Waals surface area contributed by atoms with Crippen molar-refractivity contribution in [2.75, 3.05) is 39.5 Å². The van der Waals surface area contributed by atoms with Crippen LogP contribution in [0.3, 0.4) is 0 Å². The molecule has 1 aliphatic heterocycles. The number of benzene rings is 1. The van der Waals surface area contributed by atoms with Crippen LogP contribution >= 0.6 is 12.2 Å². The van der Waals surface area contributed by atoms with Crippen LogP contribution in [0.1, 0.15) is 11.1 Å². The highest BCUT2D eigenvalue weighted by Crippen LogP contribution is 2.19. The maximum absolute atomic E-state index is 9.13. The van der Waals surface area contributed by atoms with Gasteiger partial charge in [-0.15, -0.1) is 0 Å². The van der Waals surface area contributed by atoms with E-state index in [1.807, 2.05) is 0 Å². The van der Waals surface area contributed by atoms with Crippen molar-refractivity contribution in [1.29, 1.82) is 5.26 Å². The van der Waals surface area contributed by atoms with E-state index in [0.717, 1.165) is 32.8 Å². The number of ether oxygens (including phenoxy) is 2. The molecule has 1 saturated heterocycles. The zero-order valence-corrected chi connectivity index (χ0v) is 12.0. The fourth-order valence-corrected chi connectivity index (χ4v) is 2.13. The Labute approximate surface area is 123 Å². The van der Waals surface area contributed by atoms with Crippen LogP contribution in [0.2, 0.25) is 0 Å². The number of nitriles is 1. The number of rotatable bonds is 5. The van der Waals surface area contributed by atoms with Crippen molar-refractivity contribution in [2.45, 2.75) is 0 Å². The third-order valence-electron chi connectivity index (χ3n) is 3.15. The summed E-state index contributed by atoms with van der Waals surface area (Å²) in [6, 6.07) is 7.28. The molecule has 0 spiro atoms. The number of nitrogens with two attached hydrogens (primary N) is 1. The first-order valence-corrected chi connectivity index (χ1v) is 6.88. The largest absolute Gasteiger partial charge is 0.491 e. The summed E-state index contributed by atoms with van der Waals surface area (Å²) in [7, 11) is 0. The topological polar surface area (TPSA) is 71.5 Å². The molecule has 0 aliphatic carbocycles. The summed E-state index contributed by atoms with van der Waals surface area (Å²) in [6.45, 7) is 4.76. The number of morpholine rings is 1. The van der Waals surface area contributed by atoms with Crippen molar-refractivity contribution in [2.24, 2.45) is 5.73 Å². The highest BCUT2D eigenvalue weighted by Gasteiger charge is 2.11. The van der Waals surface area contributed by atoms with E-state index in [1.165, 1.54) is 0 Å². The molecule has 0 amide bonds. The molecule has 1 aromatic rings. The average Bonchev–Trinajstić information content (AvgIpc) is 2.48. The van der Waals surface area contributed by atoms with Crippen LogP contribution in [-0.4, -0.2) is 49.3 Å². The third-order valence-corrected chi connectivity index (χ3v) is 3.39. The Hall–Kier alpha value is -1.68. The Kier molecular flexibility index (Phi) is 5.30. The Bertz CT molecular complexity index is 522. The van der Waals surface area contributed by atoms with Gasteiger partial charge in [0.25, 0.3) is 0 Å². The molecular formula is C14H17N3O2S. The van der Waals surface area contributed by atoms with E-state index in [-0.39, 0.29) is 4.99 Å². The van der Waals surface area contributed by atoms with Crippen LogP contribution in [0.15, 0.2) is 18.2 Å². The zero-order chi connectivity index (χ0) is 14.4. The summed E-state index contributed by atoms with van der Waals surface area (Å²) in [5.41, 5.74) is 6.68. The van der Waals surface area contributed by atoms with Crippen LogP contribution in [0.5, 0.6) is 5.75 Å². The van der Waals surface area contributed by atoms with Gasteiger partial charge in [-0.25, -0.2) is 0 Å². The van der Waals surface area contributed by atoms with Crippen LogP contribution in [0.25, 0.3) is 0 Å². The van der Waals surface area contributed by atoms with Crippen molar-refractivity contribution < 1.29 is 9.47 Å². The molecule has 1 aromatic carbocycles. The second-order valence-corrected chi connectivity index (χ2v) is 4.93. The molecule has 0 saturated carbocycles. The first kappa shape index (κ1) is 14.7. The van der Waals surface area contributed by atoms with Gasteiger partial charge >= 0.3 is 0 Å². The van der Waals surface area contributed by atoms with Crippen LogP contribution in [0.4, 0.5) is 0 Å². The number of hydrogen-bond acceptors (Lipinski definition) is 5. The highest BCUT2D eigenvalue weighted by molar-refractivity contribution is 7.80. The second-order valence-electron chi connectivity index (χ2n) is 4.49. The summed E-state index contributed by atoms with van der Waals surface area (Å²) in [5, 5.41) is 9.13. The molecule has 20 heavy (non-hydrogen) atoms. The molecule has 1 aliphatic rings. The molecule has 6 heteroatoms. The van der Waals surface area contributed by atoms with Crippen molar-refractivity contribution in [1.82, 2.24) is 4.90 Å². The maximum Gasteiger partial charge on any atom is 0.137 e. The summed E-state index contributed by atoms with van der Waals surface area (Å²) < 4.78 is 11.0. The van der Waals surface area contributed by atoms with E-state index in [1.54, 1.807) is 18.2 Å². The minimum absolute atomic E-state index is 0.279. The lowest BCUT2D eigenvalue weighted by atomic mass is 10.1. The van der Waals surface area contributed by atoms with Gasteiger partial charge in [-0.2, -0.15) is 5.26 Å². The lowest BCUT2D eigenvalue weighted by molar-refractivity contribution is 0.0322. The van der Waals surface area contributed by atoms with Crippen LogP contribution in [0, 0.1) is 11.3 Å². The molecule has 5 nitrogen and oxygen atoms in total. The molecule has 106 valence electrons. The Morgan fingerprint density at radius 2 is 2.20 bits per heavy atom. The predicted molar refractivity (Wildman–Crippen MR) is 79.8 cm³/mol. The van der Waals surface area contributed by atoms with Crippen molar-refractivity contribution in [3.05, 3.63) is 29.3 Å². The first-order valence-electron chi connectivity index (χ1n) is 6.47. The monoisotopic (exact) mass is 291 g/mol. The van der Waals surface area contributed by atoms with Gasteiger partial charge in [-0.05, 0) is 18.2 Å². The SMILES string of the molecule is N#Cc1cc(C(N)=S)ccc1OCCN1CCOCC1. The molecule has 2 N–H and O–H groups in total. The average molecular weight is 291 g/mol. The van der Waals surface area contributed by atoms with Crippen molar-refractivity contribution in [3.8, 4) is 11.8 Å². The predicted octanol–water partition coefficient (Wildman–Crippen LogP) is 0.903. The van der Waals surface area contributed by atoms with Gasteiger partial charge in [-0.1, -0.05) is 12.2 Å². The van der Waals surface area contributed by atoms with E-state index in [0.29, 0.717) is 23.5 Å². The Morgan fingerprint density at radius 3 is 2.85 bits per heavy atom. The van der Waals surface area contributed by atoms with Gasteiger partial charge in [0.2, 0.25) is 0 Å². The lowest BCUT2D eigenvalue weighted by Crippen LogP contribution is -2.38. The summed E-state index contributed by atoms with van der Waals surface area (Å²) >= 11 is 4.89. The van der Waals surface area contributed by atoms with Gasteiger partial charge in [-0.3, -0.25) is 4.90 Å².